The Labute approximate surface area is 143 Å². The topological polar surface area (TPSA) is 47.6 Å². The molecule has 4 heteroatoms. The van der Waals surface area contributed by atoms with E-state index in [9.17, 15) is 4.79 Å². The van der Waals surface area contributed by atoms with Crippen LogP contribution in [0.15, 0.2) is 48.5 Å². The first kappa shape index (κ1) is 17.9. The summed E-state index contributed by atoms with van der Waals surface area (Å²) in [4.78, 5) is 12.2. The minimum Gasteiger partial charge on any atom is -0.493 e. The molecule has 1 N–H and O–H groups in total. The Hall–Kier alpha value is -2.49. The van der Waals surface area contributed by atoms with Crippen molar-refractivity contribution in [3.05, 3.63) is 59.7 Å². The van der Waals surface area contributed by atoms with E-state index in [1.54, 1.807) is 7.11 Å². The predicted octanol–water partition coefficient (Wildman–Crippen LogP) is 3.90. The average Bonchev–Trinajstić information content (AvgIpc) is 2.61. The highest BCUT2D eigenvalue weighted by atomic mass is 16.5. The van der Waals surface area contributed by atoms with Crippen LogP contribution in [0.5, 0.6) is 11.5 Å². The van der Waals surface area contributed by atoms with Crippen molar-refractivity contribution in [1.82, 2.24) is 5.32 Å². The summed E-state index contributed by atoms with van der Waals surface area (Å²) >= 11 is 0. The third-order valence-electron chi connectivity index (χ3n) is 3.85. The minimum atomic E-state index is 0.00793. The van der Waals surface area contributed by atoms with Gasteiger partial charge in [-0.2, -0.15) is 0 Å². The van der Waals surface area contributed by atoms with Crippen molar-refractivity contribution in [2.24, 2.45) is 0 Å². The standard InChI is InChI=1S/C20H25NO3/c1-4-24-18-12-10-16(14-19(18)23-3)11-13-20(22)21-15(2)17-8-6-5-7-9-17/h5-10,12,14-15H,4,11,13H2,1-3H3,(H,21,22). The molecule has 0 fully saturated rings. The van der Waals surface area contributed by atoms with Crippen LogP contribution in [-0.2, 0) is 11.2 Å². The molecule has 0 aliphatic heterocycles. The highest BCUT2D eigenvalue weighted by Crippen LogP contribution is 2.28. The van der Waals surface area contributed by atoms with E-state index in [2.05, 4.69) is 5.32 Å². The second-order valence-electron chi connectivity index (χ2n) is 5.62. The molecule has 0 heterocycles. The van der Waals surface area contributed by atoms with Gasteiger partial charge in [-0.15, -0.1) is 0 Å². The number of methoxy groups -OCH3 is 1. The van der Waals surface area contributed by atoms with Gasteiger partial charge in [0.2, 0.25) is 5.91 Å². The van der Waals surface area contributed by atoms with Gasteiger partial charge in [0.05, 0.1) is 19.8 Å². The summed E-state index contributed by atoms with van der Waals surface area (Å²) in [6.45, 7) is 4.52. The van der Waals surface area contributed by atoms with Crippen LogP contribution in [0.1, 0.15) is 37.4 Å². The van der Waals surface area contributed by atoms with Gasteiger partial charge in [-0.05, 0) is 43.5 Å². The van der Waals surface area contributed by atoms with E-state index in [4.69, 9.17) is 9.47 Å². The summed E-state index contributed by atoms with van der Waals surface area (Å²) in [5.74, 6) is 1.47. The van der Waals surface area contributed by atoms with Gasteiger partial charge < -0.3 is 14.8 Å². The second kappa shape index (κ2) is 8.96. The molecule has 1 atom stereocenters. The van der Waals surface area contributed by atoms with E-state index in [1.165, 1.54) is 0 Å². The molecule has 0 spiro atoms. The van der Waals surface area contributed by atoms with Gasteiger partial charge in [0.1, 0.15) is 0 Å². The molecule has 0 bridgehead atoms. The van der Waals surface area contributed by atoms with Gasteiger partial charge in [-0.3, -0.25) is 4.79 Å². The molecule has 0 aromatic heterocycles. The highest BCUT2D eigenvalue weighted by molar-refractivity contribution is 5.76. The van der Waals surface area contributed by atoms with Crippen molar-refractivity contribution in [3.8, 4) is 11.5 Å². The number of nitrogens with one attached hydrogen (secondary N) is 1. The van der Waals surface area contributed by atoms with E-state index < -0.39 is 0 Å². The maximum absolute atomic E-state index is 12.2. The fraction of sp³-hybridized carbons (Fsp3) is 0.350. The van der Waals surface area contributed by atoms with Crippen LogP contribution in [0.4, 0.5) is 0 Å². The maximum Gasteiger partial charge on any atom is 0.220 e. The molecule has 2 aromatic rings. The number of benzene rings is 2. The summed E-state index contributed by atoms with van der Waals surface area (Å²) in [7, 11) is 1.62. The van der Waals surface area contributed by atoms with Gasteiger partial charge in [-0.1, -0.05) is 36.4 Å². The Balaban J connectivity index is 1.89. The first-order valence-corrected chi connectivity index (χ1v) is 8.28. The number of hydrogen-bond donors (Lipinski definition) is 1. The van der Waals surface area contributed by atoms with E-state index in [-0.39, 0.29) is 11.9 Å². The van der Waals surface area contributed by atoms with Crippen molar-refractivity contribution in [2.45, 2.75) is 32.7 Å². The zero-order chi connectivity index (χ0) is 17.4. The fourth-order valence-electron chi connectivity index (χ4n) is 2.54. The number of carbonyl (C=O) groups is 1. The first-order chi connectivity index (χ1) is 11.6. The lowest BCUT2D eigenvalue weighted by Crippen LogP contribution is -2.26. The van der Waals surface area contributed by atoms with Gasteiger partial charge in [-0.25, -0.2) is 0 Å². The smallest absolute Gasteiger partial charge is 0.220 e. The summed E-state index contributed by atoms with van der Waals surface area (Å²) in [5, 5.41) is 3.03. The number of aryl methyl sites for hydroxylation is 1. The Kier molecular flexibility index (Phi) is 6.67. The lowest BCUT2D eigenvalue weighted by molar-refractivity contribution is -0.121. The molecule has 0 saturated heterocycles. The largest absolute Gasteiger partial charge is 0.493 e. The van der Waals surface area contributed by atoms with E-state index in [1.807, 2.05) is 62.4 Å². The molecule has 0 aliphatic rings. The van der Waals surface area contributed by atoms with Gasteiger partial charge in [0.25, 0.3) is 0 Å². The second-order valence-corrected chi connectivity index (χ2v) is 5.62. The van der Waals surface area contributed by atoms with Crippen LogP contribution >= 0.6 is 0 Å². The average molecular weight is 327 g/mol. The summed E-state index contributed by atoms with van der Waals surface area (Å²) in [6.07, 6.45) is 1.10. The van der Waals surface area contributed by atoms with Crippen LogP contribution in [0.25, 0.3) is 0 Å². The number of carbonyl (C=O) groups excluding carboxylic acids is 1. The first-order valence-electron chi connectivity index (χ1n) is 8.28. The van der Waals surface area contributed by atoms with Crippen LogP contribution in [0, 0.1) is 0 Å². The Morgan fingerprint density at radius 3 is 2.54 bits per heavy atom. The molecular weight excluding hydrogens is 302 g/mol. The van der Waals surface area contributed by atoms with Crippen molar-refractivity contribution >= 4 is 5.91 Å². The SMILES string of the molecule is CCOc1ccc(CCC(=O)NC(C)c2ccccc2)cc1OC. The van der Waals surface area contributed by atoms with Crippen LogP contribution in [0.3, 0.4) is 0 Å². The molecular formula is C20H25NO3. The quantitative estimate of drug-likeness (QED) is 0.800. The van der Waals surface area contributed by atoms with Crippen molar-refractivity contribution in [3.63, 3.8) is 0 Å². The summed E-state index contributed by atoms with van der Waals surface area (Å²) in [5.41, 5.74) is 2.16. The van der Waals surface area contributed by atoms with E-state index in [0.29, 0.717) is 25.2 Å². The normalized spacial score (nSPS) is 11.6. The third kappa shape index (κ3) is 5.01. The lowest BCUT2D eigenvalue weighted by Gasteiger charge is -2.14. The molecule has 0 aliphatic carbocycles. The maximum atomic E-state index is 12.2. The Bertz CT molecular complexity index is 655. The van der Waals surface area contributed by atoms with Crippen molar-refractivity contribution in [2.75, 3.05) is 13.7 Å². The molecule has 2 rings (SSSR count). The summed E-state index contributed by atoms with van der Waals surface area (Å²) < 4.78 is 10.8. The van der Waals surface area contributed by atoms with Gasteiger partial charge in [0.15, 0.2) is 11.5 Å². The van der Waals surface area contributed by atoms with Crippen LogP contribution in [-0.4, -0.2) is 19.6 Å². The monoisotopic (exact) mass is 327 g/mol. The number of hydrogen-bond acceptors (Lipinski definition) is 3. The van der Waals surface area contributed by atoms with Gasteiger partial charge >= 0.3 is 0 Å². The fourth-order valence-corrected chi connectivity index (χ4v) is 2.54. The van der Waals surface area contributed by atoms with Crippen LogP contribution < -0.4 is 14.8 Å². The molecule has 128 valence electrons. The number of ether oxygens (including phenoxy) is 2. The Morgan fingerprint density at radius 2 is 1.88 bits per heavy atom. The molecule has 2 aromatic carbocycles. The molecule has 1 amide bonds. The van der Waals surface area contributed by atoms with E-state index in [0.717, 1.165) is 16.9 Å². The highest BCUT2D eigenvalue weighted by Gasteiger charge is 2.10. The molecule has 0 radical (unpaired) electrons. The van der Waals surface area contributed by atoms with E-state index >= 15 is 0 Å². The molecule has 4 nitrogen and oxygen atoms in total. The number of amides is 1. The summed E-state index contributed by atoms with van der Waals surface area (Å²) in [6, 6.07) is 15.8. The zero-order valence-electron chi connectivity index (χ0n) is 14.5. The van der Waals surface area contributed by atoms with Crippen molar-refractivity contribution < 1.29 is 14.3 Å². The molecule has 24 heavy (non-hydrogen) atoms. The number of rotatable bonds is 8. The zero-order valence-corrected chi connectivity index (χ0v) is 14.5. The Morgan fingerprint density at radius 1 is 1.12 bits per heavy atom. The third-order valence-corrected chi connectivity index (χ3v) is 3.85. The molecule has 0 saturated carbocycles. The minimum absolute atomic E-state index is 0.00793. The molecule has 1 unspecified atom stereocenters. The van der Waals surface area contributed by atoms with Gasteiger partial charge in [0, 0.05) is 6.42 Å². The predicted molar refractivity (Wildman–Crippen MR) is 95.5 cm³/mol. The van der Waals surface area contributed by atoms with Crippen LogP contribution in [0.2, 0.25) is 0 Å². The van der Waals surface area contributed by atoms with Crippen molar-refractivity contribution in [1.29, 1.82) is 0 Å². The lowest BCUT2D eigenvalue weighted by atomic mass is 10.1.